The SMILES string of the molecule is CCC(=O)N1CCc2cc(CNC(=O)c3c(F)cccc3F)ccc21. The van der Waals surface area contributed by atoms with Crippen molar-refractivity contribution in [2.75, 3.05) is 11.4 Å². The first-order chi connectivity index (χ1) is 12.0. The highest BCUT2D eigenvalue weighted by atomic mass is 19.1. The van der Waals surface area contributed by atoms with Crippen LogP contribution in [-0.4, -0.2) is 18.4 Å². The summed E-state index contributed by atoms with van der Waals surface area (Å²) < 4.78 is 27.2. The van der Waals surface area contributed by atoms with Crippen LogP contribution in [0.1, 0.15) is 34.8 Å². The summed E-state index contributed by atoms with van der Waals surface area (Å²) in [5.41, 5.74) is 2.16. The van der Waals surface area contributed by atoms with Crippen molar-refractivity contribution in [3.05, 3.63) is 64.7 Å². The molecule has 2 aromatic rings. The molecule has 0 fully saturated rings. The fourth-order valence-electron chi connectivity index (χ4n) is 3.00. The molecule has 0 aromatic heterocycles. The highest BCUT2D eigenvalue weighted by Gasteiger charge is 2.23. The normalized spacial score (nSPS) is 12.8. The van der Waals surface area contributed by atoms with Crippen molar-refractivity contribution in [2.45, 2.75) is 26.3 Å². The molecule has 0 atom stereocenters. The molecule has 2 amide bonds. The predicted octanol–water partition coefficient (Wildman–Crippen LogP) is 3.19. The molecule has 3 rings (SSSR count). The van der Waals surface area contributed by atoms with Gasteiger partial charge in [0.15, 0.2) is 0 Å². The minimum Gasteiger partial charge on any atom is -0.348 e. The van der Waals surface area contributed by atoms with Crippen LogP contribution in [0.3, 0.4) is 0 Å². The Bertz CT molecular complexity index is 816. The zero-order valence-electron chi connectivity index (χ0n) is 13.8. The molecule has 1 aliphatic heterocycles. The molecular formula is C19H18F2N2O2. The van der Waals surface area contributed by atoms with E-state index in [4.69, 9.17) is 0 Å². The highest BCUT2D eigenvalue weighted by Crippen LogP contribution is 2.29. The summed E-state index contributed by atoms with van der Waals surface area (Å²) in [6.07, 6.45) is 1.20. The maximum atomic E-state index is 13.6. The Morgan fingerprint density at radius 3 is 2.56 bits per heavy atom. The van der Waals surface area contributed by atoms with Gasteiger partial charge in [-0.05, 0) is 35.7 Å². The van der Waals surface area contributed by atoms with Gasteiger partial charge < -0.3 is 10.2 Å². The van der Waals surface area contributed by atoms with Crippen molar-refractivity contribution in [3.8, 4) is 0 Å². The van der Waals surface area contributed by atoms with Gasteiger partial charge in [0.25, 0.3) is 5.91 Å². The summed E-state index contributed by atoms with van der Waals surface area (Å²) in [6.45, 7) is 2.63. The Labute approximate surface area is 144 Å². The molecule has 1 aliphatic rings. The van der Waals surface area contributed by atoms with E-state index >= 15 is 0 Å². The molecule has 2 aromatic carbocycles. The molecule has 0 spiro atoms. The van der Waals surface area contributed by atoms with E-state index < -0.39 is 23.1 Å². The maximum absolute atomic E-state index is 13.6. The standard InChI is InChI=1S/C19H18F2N2O2/c1-2-17(24)23-9-8-13-10-12(6-7-16(13)23)11-22-19(25)18-14(20)4-3-5-15(18)21/h3-7,10H,2,8-9,11H2,1H3,(H,22,25). The third kappa shape index (κ3) is 3.38. The number of anilines is 1. The van der Waals surface area contributed by atoms with Crippen molar-refractivity contribution in [1.29, 1.82) is 0 Å². The molecule has 0 saturated heterocycles. The Morgan fingerprint density at radius 1 is 1.16 bits per heavy atom. The van der Waals surface area contributed by atoms with Gasteiger partial charge in [-0.2, -0.15) is 0 Å². The van der Waals surface area contributed by atoms with E-state index in [0.29, 0.717) is 13.0 Å². The molecule has 25 heavy (non-hydrogen) atoms. The van der Waals surface area contributed by atoms with Gasteiger partial charge in [0, 0.05) is 25.2 Å². The van der Waals surface area contributed by atoms with Crippen LogP contribution in [-0.2, 0) is 17.8 Å². The van der Waals surface area contributed by atoms with Gasteiger partial charge >= 0.3 is 0 Å². The second kappa shape index (κ2) is 7.01. The van der Waals surface area contributed by atoms with Gasteiger partial charge in [-0.1, -0.05) is 25.1 Å². The quantitative estimate of drug-likeness (QED) is 0.926. The molecular weight excluding hydrogens is 326 g/mol. The number of carbonyl (C=O) groups excluding carboxylic acids is 2. The van der Waals surface area contributed by atoms with Crippen LogP contribution < -0.4 is 10.2 Å². The first kappa shape index (κ1) is 17.1. The van der Waals surface area contributed by atoms with Gasteiger partial charge in [0.1, 0.15) is 17.2 Å². The van der Waals surface area contributed by atoms with Gasteiger partial charge in [0.2, 0.25) is 5.91 Å². The summed E-state index contributed by atoms with van der Waals surface area (Å²) in [5, 5.41) is 2.53. The number of nitrogens with zero attached hydrogens (tertiary/aromatic N) is 1. The molecule has 6 heteroatoms. The molecule has 1 heterocycles. The summed E-state index contributed by atoms with van der Waals surface area (Å²) >= 11 is 0. The van der Waals surface area contributed by atoms with Gasteiger partial charge in [-0.25, -0.2) is 8.78 Å². The number of benzene rings is 2. The van der Waals surface area contributed by atoms with E-state index in [0.717, 1.165) is 35.4 Å². The van der Waals surface area contributed by atoms with E-state index in [1.54, 1.807) is 11.0 Å². The van der Waals surface area contributed by atoms with Gasteiger partial charge in [-0.3, -0.25) is 9.59 Å². The van der Waals surface area contributed by atoms with Crippen LogP contribution in [0.25, 0.3) is 0 Å². The van der Waals surface area contributed by atoms with Gasteiger partial charge in [0.05, 0.1) is 0 Å². The lowest BCUT2D eigenvalue weighted by atomic mass is 10.1. The summed E-state index contributed by atoms with van der Waals surface area (Å²) in [6, 6.07) is 8.88. The summed E-state index contributed by atoms with van der Waals surface area (Å²) in [4.78, 5) is 25.7. The number of hydrogen-bond donors (Lipinski definition) is 1. The van der Waals surface area contributed by atoms with Crippen molar-refractivity contribution in [1.82, 2.24) is 5.32 Å². The topological polar surface area (TPSA) is 49.4 Å². The van der Waals surface area contributed by atoms with Crippen molar-refractivity contribution >= 4 is 17.5 Å². The largest absolute Gasteiger partial charge is 0.348 e. The zero-order chi connectivity index (χ0) is 18.0. The van der Waals surface area contributed by atoms with Crippen molar-refractivity contribution < 1.29 is 18.4 Å². The lowest BCUT2D eigenvalue weighted by molar-refractivity contribution is -0.118. The highest BCUT2D eigenvalue weighted by molar-refractivity contribution is 5.95. The van der Waals surface area contributed by atoms with Crippen LogP contribution in [0.4, 0.5) is 14.5 Å². The molecule has 0 radical (unpaired) electrons. The lowest BCUT2D eigenvalue weighted by Crippen LogP contribution is -2.27. The molecule has 0 saturated carbocycles. The number of hydrogen-bond acceptors (Lipinski definition) is 2. The molecule has 1 N–H and O–H groups in total. The molecule has 0 unspecified atom stereocenters. The van der Waals surface area contributed by atoms with Crippen LogP contribution in [0.5, 0.6) is 0 Å². The number of halogens is 2. The Kier molecular flexibility index (Phi) is 4.79. The summed E-state index contributed by atoms with van der Waals surface area (Å²) in [7, 11) is 0. The first-order valence-electron chi connectivity index (χ1n) is 8.15. The number of carbonyl (C=O) groups is 2. The van der Waals surface area contributed by atoms with Crippen LogP contribution in [0, 0.1) is 11.6 Å². The second-order valence-electron chi connectivity index (χ2n) is 5.89. The predicted molar refractivity (Wildman–Crippen MR) is 90.3 cm³/mol. The van der Waals surface area contributed by atoms with Crippen LogP contribution >= 0.6 is 0 Å². The molecule has 0 bridgehead atoms. The molecule has 4 nitrogen and oxygen atoms in total. The number of amides is 2. The smallest absolute Gasteiger partial charge is 0.257 e. The minimum absolute atomic E-state index is 0.0785. The fraction of sp³-hybridized carbons (Fsp3) is 0.263. The average Bonchev–Trinajstić information content (AvgIpc) is 3.02. The van der Waals surface area contributed by atoms with Crippen molar-refractivity contribution in [2.24, 2.45) is 0 Å². The molecule has 130 valence electrons. The van der Waals surface area contributed by atoms with Crippen LogP contribution in [0.15, 0.2) is 36.4 Å². The second-order valence-corrected chi connectivity index (χ2v) is 5.89. The van der Waals surface area contributed by atoms with E-state index in [1.807, 2.05) is 19.1 Å². The summed E-state index contributed by atoms with van der Waals surface area (Å²) in [5.74, 6) is -2.49. The van der Waals surface area contributed by atoms with E-state index in [2.05, 4.69) is 5.32 Å². The van der Waals surface area contributed by atoms with Gasteiger partial charge in [-0.15, -0.1) is 0 Å². The minimum atomic E-state index is -0.889. The first-order valence-corrected chi connectivity index (χ1v) is 8.15. The van der Waals surface area contributed by atoms with Crippen molar-refractivity contribution in [3.63, 3.8) is 0 Å². The number of nitrogens with one attached hydrogen (secondary N) is 1. The Hall–Kier alpha value is -2.76. The third-order valence-electron chi connectivity index (χ3n) is 4.29. The third-order valence-corrected chi connectivity index (χ3v) is 4.29. The fourth-order valence-corrected chi connectivity index (χ4v) is 3.00. The lowest BCUT2D eigenvalue weighted by Gasteiger charge is -2.16. The van der Waals surface area contributed by atoms with E-state index in [-0.39, 0.29) is 12.5 Å². The van der Waals surface area contributed by atoms with Crippen LogP contribution in [0.2, 0.25) is 0 Å². The number of rotatable bonds is 4. The monoisotopic (exact) mass is 344 g/mol. The van der Waals surface area contributed by atoms with E-state index in [1.165, 1.54) is 6.07 Å². The number of fused-ring (bicyclic) bond motifs is 1. The zero-order valence-corrected chi connectivity index (χ0v) is 13.8. The maximum Gasteiger partial charge on any atom is 0.257 e. The Balaban J connectivity index is 1.71. The average molecular weight is 344 g/mol. The Morgan fingerprint density at radius 2 is 1.88 bits per heavy atom. The van der Waals surface area contributed by atoms with E-state index in [9.17, 15) is 18.4 Å². The molecule has 0 aliphatic carbocycles.